The van der Waals surface area contributed by atoms with E-state index in [1.807, 2.05) is 19.1 Å². The van der Waals surface area contributed by atoms with Crippen LogP contribution in [0.3, 0.4) is 0 Å². The SMILES string of the molecule is CC(Cc1ccc2c(c1)CCO2)NC(=O)c1cccc(F)c1. The second-order valence-corrected chi connectivity index (χ2v) is 5.63. The zero-order chi connectivity index (χ0) is 15.5. The Hall–Kier alpha value is -2.36. The standard InChI is InChI=1S/C18H18FNO2/c1-12(20-18(21)15-3-2-4-16(19)11-15)9-13-5-6-17-14(10-13)7-8-22-17/h2-6,10-12H,7-9H2,1H3,(H,20,21). The fourth-order valence-corrected chi connectivity index (χ4v) is 2.71. The van der Waals surface area contributed by atoms with E-state index in [4.69, 9.17) is 4.74 Å². The van der Waals surface area contributed by atoms with Gasteiger partial charge in [0.05, 0.1) is 6.61 Å². The van der Waals surface area contributed by atoms with Gasteiger partial charge in [-0.15, -0.1) is 0 Å². The molecule has 1 N–H and O–H groups in total. The lowest BCUT2D eigenvalue weighted by Gasteiger charge is -2.14. The molecule has 2 aromatic rings. The summed E-state index contributed by atoms with van der Waals surface area (Å²) in [5.74, 6) is 0.301. The molecule has 1 amide bonds. The molecule has 1 aliphatic heterocycles. The zero-order valence-corrected chi connectivity index (χ0v) is 12.4. The van der Waals surface area contributed by atoms with Crippen molar-refractivity contribution in [3.05, 3.63) is 65.0 Å². The van der Waals surface area contributed by atoms with Crippen molar-refractivity contribution in [3.8, 4) is 5.75 Å². The second-order valence-electron chi connectivity index (χ2n) is 5.63. The van der Waals surface area contributed by atoms with Crippen molar-refractivity contribution in [3.63, 3.8) is 0 Å². The lowest BCUT2D eigenvalue weighted by Crippen LogP contribution is -2.34. The van der Waals surface area contributed by atoms with E-state index in [-0.39, 0.29) is 11.9 Å². The first kappa shape index (κ1) is 14.6. The summed E-state index contributed by atoms with van der Waals surface area (Å²) in [6, 6.07) is 11.8. The van der Waals surface area contributed by atoms with E-state index in [2.05, 4.69) is 11.4 Å². The minimum atomic E-state index is -0.404. The molecule has 1 atom stereocenters. The fourth-order valence-electron chi connectivity index (χ4n) is 2.71. The van der Waals surface area contributed by atoms with Crippen molar-refractivity contribution in [1.82, 2.24) is 5.32 Å². The van der Waals surface area contributed by atoms with Gasteiger partial charge in [-0.3, -0.25) is 4.79 Å². The first-order valence-electron chi connectivity index (χ1n) is 7.43. The monoisotopic (exact) mass is 299 g/mol. The van der Waals surface area contributed by atoms with Crippen molar-refractivity contribution in [2.75, 3.05) is 6.61 Å². The van der Waals surface area contributed by atoms with Crippen LogP contribution in [0.15, 0.2) is 42.5 Å². The smallest absolute Gasteiger partial charge is 0.251 e. The van der Waals surface area contributed by atoms with E-state index in [0.29, 0.717) is 5.56 Å². The molecular weight excluding hydrogens is 281 g/mol. The van der Waals surface area contributed by atoms with Gasteiger partial charge in [0.25, 0.3) is 5.91 Å². The number of hydrogen-bond donors (Lipinski definition) is 1. The number of ether oxygens (including phenoxy) is 1. The summed E-state index contributed by atoms with van der Waals surface area (Å²) in [6.45, 7) is 2.69. The molecule has 3 nitrogen and oxygen atoms in total. The number of carbonyl (C=O) groups excluding carboxylic acids is 1. The number of fused-ring (bicyclic) bond motifs is 1. The summed E-state index contributed by atoms with van der Waals surface area (Å²) in [5, 5.41) is 2.90. The van der Waals surface area contributed by atoms with Crippen molar-refractivity contribution in [2.24, 2.45) is 0 Å². The third-order valence-electron chi connectivity index (χ3n) is 3.76. The summed E-state index contributed by atoms with van der Waals surface area (Å²) in [4.78, 5) is 12.1. The van der Waals surface area contributed by atoms with Crippen LogP contribution in [-0.2, 0) is 12.8 Å². The van der Waals surface area contributed by atoms with Gasteiger partial charge in [0, 0.05) is 18.0 Å². The van der Waals surface area contributed by atoms with E-state index in [0.717, 1.165) is 30.8 Å². The fraction of sp³-hybridized carbons (Fsp3) is 0.278. The number of carbonyl (C=O) groups is 1. The topological polar surface area (TPSA) is 38.3 Å². The van der Waals surface area contributed by atoms with Crippen LogP contribution < -0.4 is 10.1 Å². The highest BCUT2D eigenvalue weighted by atomic mass is 19.1. The van der Waals surface area contributed by atoms with Gasteiger partial charge >= 0.3 is 0 Å². The lowest BCUT2D eigenvalue weighted by molar-refractivity contribution is 0.0939. The molecule has 0 bridgehead atoms. The van der Waals surface area contributed by atoms with Crippen molar-refractivity contribution >= 4 is 5.91 Å². The summed E-state index contributed by atoms with van der Waals surface area (Å²) < 4.78 is 18.6. The molecule has 0 radical (unpaired) electrons. The predicted octanol–water partition coefficient (Wildman–Crippen LogP) is 3.12. The molecular formula is C18H18FNO2. The second kappa shape index (κ2) is 6.18. The Labute approximate surface area is 129 Å². The largest absolute Gasteiger partial charge is 0.493 e. The van der Waals surface area contributed by atoms with Gasteiger partial charge in [-0.25, -0.2) is 4.39 Å². The van der Waals surface area contributed by atoms with Crippen molar-refractivity contribution in [2.45, 2.75) is 25.8 Å². The van der Waals surface area contributed by atoms with Crippen LogP contribution in [0.25, 0.3) is 0 Å². The lowest BCUT2D eigenvalue weighted by atomic mass is 10.0. The number of rotatable bonds is 4. The maximum absolute atomic E-state index is 13.1. The van der Waals surface area contributed by atoms with Gasteiger partial charge in [0.1, 0.15) is 11.6 Å². The quantitative estimate of drug-likeness (QED) is 0.942. The highest BCUT2D eigenvalue weighted by Crippen LogP contribution is 2.26. The van der Waals surface area contributed by atoms with Gasteiger partial charge in [-0.1, -0.05) is 18.2 Å². The molecule has 1 heterocycles. The molecule has 0 fully saturated rings. The highest BCUT2D eigenvalue weighted by Gasteiger charge is 2.14. The molecule has 0 aromatic heterocycles. The molecule has 0 aliphatic carbocycles. The molecule has 1 unspecified atom stereocenters. The van der Waals surface area contributed by atoms with Gasteiger partial charge in [0.2, 0.25) is 0 Å². The summed E-state index contributed by atoms with van der Waals surface area (Å²) in [6.07, 6.45) is 1.67. The zero-order valence-electron chi connectivity index (χ0n) is 12.4. The molecule has 22 heavy (non-hydrogen) atoms. The molecule has 2 aromatic carbocycles. The minimum Gasteiger partial charge on any atom is -0.493 e. The molecule has 0 saturated heterocycles. The van der Waals surface area contributed by atoms with Crippen LogP contribution in [0.5, 0.6) is 5.75 Å². The van der Waals surface area contributed by atoms with Gasteiger partial charge in [0.15, 0.2) is 0 Å². The van der Waals surface area contributed by atoms with Crippen molar-refractivity contribution < 1.29 is 13.9 Å². The summed E-state index contributed by atoms with van der Waals surface area (Å²) in [7, 11) is 0. The van der Waals surface area contributed by atoms with E-state index in [9.17, 15) is 9.18 Å². The molecule has 0 spiro atoms. The average molecular weight is 299 g/mol. The molecule has 114 valence electrons. The maximum Gasteiger partial charge on any atom is 0.251 e. The first-order chi connectivity index (χ1) is 10.6. The Balaban J connectivity index is 1.62. The van der Waals surface area contributed by atoms with Crippen LogP contribution in [0.1, 0.15) is 28.4 Å². The van der Waals surface area contributed by atoms with E-state index >= 15 is 0 Å². The van der Waals surface area contributed by atoms with Gasteiger partial charge in [-0.2, -0.15) is 0 Å². The number of amides is 1. The Morgan fingerprint density at radius 2 is 2.18 bits per heavy atom. The van der Waals surface area contributed by atoms with Crippen LogP contribution in [0.4, 0.5) is 4.39 Å². The van der Waals surface area contributed by atoms with Gasteiger partial charge in [-0.05, 0) is 48.7 Å². The third kappa shape index (κ3) is 3.27. The average Bonchev–Trinajstić information content (AvgIpc) is 2.94. The normalized spacial score (nSPS) is 14.1. The third-order valence-corrected chi connectivity index (χ3v) is 3.76. The number of hydrogen-bond acceptors (Lipinski definition) is 2. The minimum absolute atomic E-state index is 0.0314. The van der Waals surface area contributed by atoms with Crippen molar-refractivity contribution in [1.29, 1.82) is 0 Å². The Morgan fingerprint density at radius 1 is 1.32 bits per heavy atom. The van der Waals surface area contributed by atoms with Crippen LogP contribution >= 0.6 is 0 Å². The summed E-state index contributed by atoms with van der Waals surface area (Å²) in [5.41, 5.74) is 2.73. The van der Waals surface area contributed by atoms with E-state index < -0.39 is 5.82 Å². The van der Waals surface area contributed by atoms with Crippen LogP contribution in [0, 0.1) is 5.82 Å². The van der Waals surface area contributed by atoms with E-state index in [1.54, 1.807) is 6.07 Å². The predicted molar refractivity (Wildman–Crippen MR) is 82.7 cm³/mol. The van der Waals surface area contributed by atoms with E-state index in [1.165, 1.54) is 23.8 Å². The number of nitrogens with one attached hydrogen (secondary N) is 1. The number of halogens is 1. The molecule has 4 heteroatoms. The highest BCUT2D eigenvalue weighted by molar-refractivity contribution is 5.94. The Bertz CT molecular complexity index is 699. The summed E-state index contributed by atoms with van der Waals surface area (Å²) >= 11 is 0. The van der Waals surface area contributed by atoms with Crippen LogP contribution in [-0.4, -0.2) is 18.6 Å². The van der Waals surface area contributed by atoms with Crippen LogP contribution in [0.2, 0.25) is 0 Å². The first-order valence-corrected chi connectivity index (χ1v) is 7.43. The Morgan fingerprint density at radius 3 is 3.00 bits per heavy atom. The number of benzene rings is 2. The van der Waals surface area contributed by atoms with Gasteiger partial charge < -0.3 is 10.1 Å². The molecule has 0 saturated carbocycles. The Kier molecular flexibility index (Phi) is 4.09. The molecule has 1 aliphatic rings. The molecule has 3 rings (SSSR count). The maximum atomic E-state index is 13.1.